The minimum Gasteiger partial charge on any atom is -0.312 e. The van der Waals surface area contributed by atoms with Gasteiger partial charge in [-0.15, -0.1) is 11.3 Å². The Morgan fingerprint density at radius 1 is 1.50 bits per heavy atom. The van der Waals surface area contributed by atoms with Crippen molar-refractivity contribution in [3.63, 3.8) is 0 Å². The van der Waals surface area contributed by atoms with Gasteiger partial charge in [-0.05, 0) is 47.6 Å². The summed E-state index contributed by atoms with van der Waals surface area (Å²) >= 11 is 6.58. The van der Waals surface area contributed by atoms with Crippen LogP contribution >= 0.6 is 39.0 Å². The van der Waals surface area contributed by atoms with Gasteiger partial charge in [-0.1, -0.05) is 6.92 Å². The summed E-state index contributed by atoms with van der Waals surface area (Å²) in [6.45, 7) is 4.11. The van der Waals surface area contributed by atoms with E-state index in [2.05, 4.69) is 26.0 Å². The normalized spacial score (nSPS) is 17.4. The quantitative estimate of drug-likeness (QED) is 0.706. The predicted octanol–water partition coefficient (Wildman–Crippen LogP) is 2.79. The zero-order chi connectivity index (χ0) is 14.8. The fourth-order valence-corrected chi connectivity index (χ4v) is 6.41. The van der Waals surface area contributed by atoms with Crippen LogP contribution in [0.3, 0.4) is 0 Å². The molecule has 0 atom stereocenters. The van der Waals surface area contributed by atoms with Crippen molar-refractivity contribution in [2.45, 2.75) is 36.0 Å². The average molecular weight is 399 g/mol. The van der Waals surface area contributed by atoms with Gasteiger partial charge in [-0.2, -0.15) is 11.8 Å². The predicted molar refractivity (Wildman–Crippen MR) is 90.1 cm³/mol. The minimum atomic E-state index is -3.43. The number of nitrogens with one attached hydrogen (secondary N) is 2. The van der Waals surface area contributed by atoms with Gasteiger partial charge in [-0.25, -0.2) is 13.1 Å². The lowest BCUT2D eigenvalue weighted by Crippen LogP contribution is -2.31. The van der Waals surface area contributed by atoms with Crippen molar-refractivity contribution < 1.29 is 8.42 Å². The van der Waals surface area contributed by atoms with Crippen LogP contribution in [-0.4, -0.2) is 32.5 Å². The third-order valence-electron chi connectivity index (χ3n) is 3.37. The van der Waals surface area contributed by atoms with E-state index in [4.69, 9.17) is 0 Å². The summed E-state index contributed by atoms with van der Waals surface area (Å²) in [7, 11) is -3.43. The lowest BCUT2D eigenvalue weighted by atomic mass is 10.4. The Balaban J connectivity index is 2.06. The molecule has 1 saturated carbocycles. The molecule has 1 aromatic heterocycles. The van der Waals surface area contributed by atoms with Crippen molar-refractivity contribution >= 4 is 49.1 Å². The van der Waals surface area contributed by atoms with Gasteiger partial charge in [0.1, 0.15) is 4.90 Å². The summed E-state index contributed by atoms with van der Waals surface area (Å²) in [5.74, 6) is 0. The van der Waals surface area contributed by atoms with Crippen molar-refractivity contribution in [1.29, 1.82) is 0 Å². The molecule has 0 aromatic carbocycles. The van der Waals surface area contributed by atoms with Crippen molar-refractivity contribution in [3.8, 4) is 0 Å². The second-order valence-electron chi connectivity index (χ2n) is 4.84. The summed E-state index contributed by atoms with van der Waals surface area (Å²) in [5, 5.41) is 3.20. The lowest BCUT2D eigenvalue weighted by Gasteiger charge is -2.13. The second-order valence-corrected chi connectivity index (χ2v) is 10.3. The van der Waals surface area contributed by atoms with Gasteiger partial charge >= 0.3 is 0 Å². The Hall–Kier alpha value is 0.400. The molecule has 0 radical (unpaired) electrons. The van der Waals surface area contributed by atoms with Crippen LogP contribution in [0.1, 0.15) is 24.6 Å². The second kappa shape index (κ2) is 6.66. The number of thioether (sulfide) groups is 1. The Morgan fingerprint density at radius 3 is 2.75 bits per heavy atom. The van der Waals surface area contributed by atoms with Gasteiger partial charge < -0.3 is 5.32 Å². The maximum Gasteiger partial charge on any atom is 0.242 e. The van der Waals surface area contributed by atoms with Crippen molar-refractivity contribution in [2.75, 3.05) is 19.3 Å². The number of halogens is 1. The highest BCUT2D eigenvalue weighted by Crippen LogP contribution is 2.46. The third kappa shape index (κ3) is 3.98. The Bertz CT molecular complexity index is 567. The Morgan fingerprint density at radius 2 is 2.20 bits per heavy atom. The maximum atomic E-state index is 12.4. The van der Waals surface area contributed by atoms with Crippen LogP contribution in [-0.2, 0) is 16.6 Å². The standard InChI is InChI=1S/C12H19BrN2O2S3/c1-3-14-7-9-6-10(11(13)19-9)20(16,17)15-8-12(18-2)4-5-12/h6,14-15H,3-5,7-8H2,1-2H3. The van der Waals surface area contributed by atoms with Crippen LogP contribution in [0.25, 0.3) is 0 Å². The van der Waals surface area contributed by atoms with Crippen molar-refractivity contribution in [3.05, 3.63) is 14.7 Å². The van der Waals surface area contributed by atoms with E-state index in [0.717, 1.165) is 24.3 Å². The molecule has 0 unspecified atom stereocenters. The van der Waals surface area contributed by atoms with Gasteiger partial charge in [0.25, 0.3) is 0 Å². The van der Waals surface area contributed by atoms with Crippen molar-refractivity contribution in [2.24, 2.45) is 0 Å². The third-order valence-corrected chi connectivity index (χ3v) is 8.44. The minimum absolute atomic E-state index is 0.127. The van der Waals surface area contributed by atoms with Crippen molar-refractivity contribution in [1.82, 2.24) is 10.0 Å². The zero-order valence-corrected chi connectivity index (χ0v) is 15.6. The molecule has 1 aliphatic carbocycles. The molecule has 114 valence electrons. The molecule has 8 heteroatoms. The van der Waals surface area contributed by atoms with Gasteiger partial charge in [-0.3, -0.25) is 0 Å². The lowest BCUT2D eigenvalue weighted by molar-refractivity contribution is 0.579. The molecule has 0 amide bonds. The molecule has 1 aromatic rings. The smallest absolute Gasteiger partial charge is 0.242 e. The molecule has 20 heavy (non-hydrogen) atoms. The summed E-state index contributed by atoms with van der Waals surface area (Å²) in [6, 6.07) is 1.75. The molecular weight excluding hydrogens is 380 g/mol. The first-order valence-electron chi connectivity index (χ1n) is 6.46. The largest absolute Gasteiger partial charge is 0.312 e. The molecule has 1 heterocycles. The first-order valence-corrected chi connectivity index (χ1v) is 10.8. The van der Waals surface area contributed by atoms with E-state index >= 15 is 0 Å². The highest BCUT2D eigenvalue weighted by atomic mass is 79.9. The molecule has 2 N–H and O–H groups in total. The van der Waals surface area contributed by atoms with Crippen LogP contribution in [0, 0.1) is 0 Å². The zero-order valence-electron chi connectivity index (χ0n) is 11.5. The monoisotopic (exact) mass is 398 g/mol. The van der Waals surface area contributed by atoms with E-state index in [1.54, 1.807) is 17.8 Å². The van der Waals surface area contributed by atoms with E-state index in [-0.39, 0.29) is 4.75 Å². The number of hydrogen-bond donors (Lipinski definition) is 2. The SMILES string of the molecule is CCNCc1cc(S(=O)(=O)NCC2(SC)CC2)c(Br)s1. The Kier molecular flexibility index (Phi) is 5.58. The van der Waals surface area contributed by atoms with Crippen LogP contribution in [0.2, 0.25) is 0 Å². The summed E-state index contributed by atoms with van der Waals surface area (Å²) < 4.78 is 28.3. The number of sulfonamides is 1. The molecule has 2 rings (SSSR count). The highest BCUT2D eigenvalue weighted by Gasteiger charge is 2.42. The van der Waals surface area contributed by atoms with Crippen LogP contribution < -0.4 is 10.0 Å². The number of thiophene rings is 1. The highest BCUT2D eigenvalue weighted by molar-refractivity contribution is 9.11. The maximum absolute atomic E-state index is 12.4. The van der Waals surface area contributed by atoms with E-state index in [1.165, 1.54) is 11.3 Å². The molecule has 1 aliphatic rings. The van der Waals surface area contributed by atoms with Gasteiger partial charge in [0.15, 0.2) is 0 Å². The molecule has 0 spiro atoms. The van der Waals surface area contributed by atoms with E-state index in [0.29, 0.717) is 21.8 Å². The van der Waals surface area contributed by atoms with E-state index in [1.807, 2.05) is 13.2 Å². The molecule has 1 fully saturated rings. The van der Waals surface area contributed by atoms with Crippen LogP contribution in [0.5, 0.6) is 0 Å². The van der Waals surface area contributed by atoms with Gasteiger partial charge in [0.05, 0.1) is 3.79 Å². The number of rotatable bonds is 8. The van der Waals surface area contributed by atoms with Gasteiger partial charge in [0.2, 0.25) is 10.0 Å². The van der Waals surface area contributed by atoms with Crippen LogP contribution in [0.15, 0.2) is 14.7 Å². The fourth-order valence-electron chi connectivity index (χ4n) is 1.81. The van der Waals surface area contributed by atoms with E-state index < -0.39 is 10.0 Å². The molecular formula is C12H19BrN2O2S3. The van der Waals surface area contributed by atoms with E-state index in [9.17, 15) is 8.42 Å². The fraction of sp³-hybridized carbons (Fsp3) is 0.667. The summed E-state index contributed by atoms with van der Waals surface area (Å²) in [6.07, 6.45) is 4.22. The molecule has 0 aliphatic heterocycles. The topological polar surface area (TPSA) is 58.2 Å². The first kappa shape index (κ1) is 16.8. The summed E-state index contributed by atoms with van der Waals surface area (Å²) in [4.78, 5) is 1.37. The molecule has 4 nitrogen and oxygen atoms in total. The Labute approximate surface area is 137 Å². The summed E-state index contributed by atoms with van der Waals surface area (Å²) in [5.41, 5.74) is 0. The van der Waals surface area contributed by atoms with Crippen LogP contribution in [0.4, 0.5) is 0 Å². The average Bonchev–Trinajstić information content (AvgIpc) is 3.11. The van der Waals surface area contributed by atoms with Gasteiger partial charge in [0, 0.05) is 22.7 Å². The molecule has 0 saturated heterocycles. The first-order chi connectivity index (χ1) is 9.42. The molecule has 0 bridgehead atoms. The number of hydrogen-bond acceptors (Lipinski definition) is 5.